The fraction of sp³-hybridized carbons (Fsp3) is 0.435. The van der Waals surface area contributed by atoms with E-state index in [2.05, 4.69) is 10.6 Å². The van der Waals surface area contributed by atoms with E-state index in [4.69, 9.17) is 4.74 Å². The zero-order chi connectivity index (χ0) is 22.2. The van der Waals surface area contributed by atoms with Gasteiger partial charge in [-0.05, 0) is 48.8 Å². The molecular formula is C23H29N3O4S. The van der Waals surface area contributed by atoms with Gasteiger partial charge in [-0.3, -0.25) is 14.4 Å². The minimum Gasteiger partial charge on any atom is -0.383 e. The van der Waals surface area contributed by atoms with Crippen LogP contribution in [0.4, 0.5) is 0 Å². The fourth-order valence-corrected chi connectivity index (χ4v) is 4.51. The molecule has 2 heterocycles. The molecule has 1 atom stereocenters. The van der Waals surface area contributed by atoms with E-state index in [1.807, 2.05) is 47.5 Å². The second-order valence-corrected chi connectivity index (χ2v) is 8.60. The SMILES string of the molecule is COCCNC(=O)C(NC(=O)c1ccccc1C)C1CCN(C(=O)c2cccs2)CC1. The van der Waals surface area contributed by atoms with Crippen LogP contribution < -0.4 is 10.6 Å². The van der Waals surface area contributed by atoms with Gasteiger partial charge in [0, 0.05) is 32.3 Å². The maximum Gasteiger partial charge on any atom is 0.263 e. The third-order valence-electron chi connectivity index (χ3n) is 5.59. The monoisotopic (exact) mass is 443 g/mol. The first kappa shape index (κ1) is 23.0. The fourth-order valence-electron chi connectivity index (χ4n) is 3.82. The highest BCUT2D eigenvalue weighted by Gasteiger charge is 2.34. The van der Waals surface area contributed by atoms with Crippen molar-refractivity contribution in [2.45, 2.75) is 25.8 Å². The summed E-state index contributed by atoms with van der Waals surface area (Å²) in [6, 6.07) is 10.3. The van der Waals surface area contributed by atoms with E-state index in [1.54, 1.807) is 13.2 Å². The molecule has 0 bridgehead atoms. The van der Waals surface area contributed by atoms with Gasteiger partial charge in [-0.1, -0.05) is 24.3 Å². The molecule has 2 aromatic rings. The van der Waals surface area contributed by atoms with Crippen molar-refractivity contribution < 1.29 is 19.1 Å². The Balaban J connectivity index is 1.68. The summed E-state index contributed by atoms with van der Waals surface area (Å²) in [7, 11) is 1.57. The Kier molecular flexibility index (Phi) is 8.20. The number of ether oxygens (including phenoxy) is 1. The number of methoxy groups -OCH3 is 1. The summed E-state index contributed by atoms with van der Waals surface area (Å²) in [5.74, 6) is -0.509. The Labute approximate surface area is 186 Å². The highest BCUT2D eigenvalue weighted by Crippen LogP contribution is 2.24. The van der Waals surface area contributed by atoms with Crippen molar-refractivity contribution in [1.82, 2.24) is 15.5 Å². The number of rotatable bonds is 8. The van der Waals surface area contributed by atoms with Crippen LogP contribution in [0.1, 0.15) is 38.4 Å². The molecule has 1 aliphatic heterocycles. The van der Waals surface area contributed by atoms with Crippen LogP contribution in [-0.2, 0) is 9.53 Å². The maximum absolute atomic E-state index is 12.9. The lowest BCUT2D eigenvalue weighted by Crippen LogP contribution is -2.54. The van der Waals surface area contributed by atoms with Crippen LogP contribution in [0.2, 0.25) is 0 Å². The van der Waals surface area contributed by atoms with Gasteiger partial charge < -0.3 is 20.3 Å². The van der Waals surface area contributed by atoms with E-state index in [0.29, 0.717) is 44.6 Å². The molecule has 1 aromatic heterocycles. The molecule has 1 fully saturated rings. The van der Waals surface area contributed by atoms with E-state index in [0.717, 1.165) is 10.4 Å². The summed E-state index contributed by atoms with van der Waals surface area (Å²) in [4.78, 5) is 41.0. The molecule has 0 radical (unpaired) electrons. The first-order chi connectivity index (χ1) is 15.0. The molecule has 0 saturated carbocycles. The van der Waals surface area contributed by atoms with Crippen molar-refractivity contribution in [1.29, 1.82) is 0 Å². The second-order valence-electron chi connectivity index (χ2n) is 7.66. The first-order valence-electron chi connectivity index (χ1n) is 10.5. The van der Waals surface area contributed by atoms with Gasteiger partial charge in [-0.25, -0.2) is 0 Å². The number of nitrogens with zero attached hydrogens (tertiary/aromatic N) is 1. The largest absolute Gasteiger partial charge is 0.383 e. The molecule has 1 unspecified atom stereocenters. The minimum atomic E-state index is -0.664. The van der Waals surface area contributed by atoms with Crippen molar-refractivity contribution in [3.8, 4) is 0 Å². The Morgan fingerprint density at radius 3 is 2.55 bits per heavy atom. The van der Waals surface area contributed by atoms with E-state index in [1.165, 1.54) is 11.3 Å². The third-order valence-corrected chi connectivity index (χ3v) is 6.45. The molecule has 0 spiro atoms. The topological polar surface area (TPSA) is 87.7 Å². The number of piperidine rings is 1. The van der Waals surface area contributed by atoms with Gasteiger partial charge in [0.05, 0.1) is 11.5 Å². The molecular weight excluding hydrogens is 414 g/mol. The summed E-state index contributed by atoms with van der Waals surface area (Å²) in [6.45, 7) is 3.77. The number of amides is 3. The predicted molar refractivity (Wildman–Crippen MR) is 120 cm³/mol. The number of benzene rings is 1. The van der Waals surface area contributed by atoms with E-state index in [9.17, 15) is 14.4 Å². The lowest BCUT2D eigenvalue weighted by molar-refractivity contribution is -0.124. The van der Waals surface area contributed by atoms with Crippen molar-refractivity contribution >= 4 is 29.1 Å². The molecule has 0 aliphatic carbocycles. The molecule has 1 saturated heterocycles. The second kappa shape index (κ2) is 11.1. The van der Waals surface area contributed by atoms with Crippen LogP contribution >= 0.6 is 11.3 Å². The smallest absolute Gasteiger partial charge is 0.263 e. The summed E-state index contributed by atoms with van der Waals surface area (Å²) < 4.78 is 5.01. The van der Waals surface area contributed by atoms with Crippen LogP contribution in [0.3, 0.4) is 0 Å². The Morgan fingerprint density at radius 2 is 1.90 bits per heavy atom. The van der Waals surface area contributed by atoms with Crippen LogP contribution in [0, 0.1) is 12.8 Å². The van der Waals surface area contributed by atoms with E-state index < -0.39 is 6.04 Å². The van der Waals surface area contributed by atoms with Gasteiger partial charge >= 0.3 is 0 Å². The zero-order valence-electron chi connectivity index (χ0n) is 17.9. The zero-order valence-corrected chi connectivity index (χ0v) is 18.7. The molecule has 2 N–H and O–H groups in total. The van der Waals surface area contributed by atoms with Gasteiger partial charge in [-0.15, -0.1) is 11.3 Å². The first-order valence-corrected chi connectivity index (χ1v) is 11.3. The standard InChI is InChI=1S/C23H29N3O4S/c1-16-6-3-4-7-18(16)21(27)25-20(22(28)24-11-14-30-2)17-9-12-26(13-10-17)23(29)19-8-5-15-31-19/h3-8,15,17,20H,9-14H2,1-2H3,(H,24,28)(H,25,27). The average Bonchev–Trinajstić information content (AvgIpc) is 3.32. The maximum atomic E-state index is 12.9. The Morgan fingerprint density at radius 1 is 1.16 bits per heavy atom. The molecule has 3 rings (SSSR count). The van der Waals surface area contributed by atoms with Crippen LogP contribution in [-0.4, -0.2) is 62.0 Å². The number of likely N-dealkylation sites (tertiary alicyclic amines) is 1. The molecule has 3 amide bonds. The van der Waals surface area contributed by atoms with E-state index >= 15 is 0 Å². The van der Waals surface area contributed by atoms with Crippen molar-refractivity contribution in [2.24, 2.45) is 5.92 Å². The molecule has 1 aliphatic rings. The van der Waals surface area contributed by atoms with Crippen LogP contribution in [0.15, 0.2) is 41.8 Å². The van der Waals surface area contributed by atoms with Crippen molar-refractivity contribution in [3.63, 3.8) is 0 Å². The quantitative estimate of drug-likeness (QED) is 0.614. The van der Waals surface area contributed by atoms with Crippen LogP contribution in [0.25, 0.3) is 0 Å². The molecule has 1 aromatic carbocycles. The van der Waals surface area contributed by atoms with Crippen LogP contribution in [0.5, 0.6) is 0 Å². The number of hydrogen-bond acceptors (Lipinski definition) is 5. The highest BCUT2D eigenvalue weighted by atomic mass is 32.1. The van der Waals surface area contributed by atoms with Gasteiger partial charge in [0.15, 0.2) is 0 Å². The molecule has 8 heteroatoms. The number of carbonyl (C=O) groups excluding carboxylic acids is 3. The lowest BCUT2D eigenvalue weighted by Gasteiger charge is -2.35. The molecule has 166 valence electrons. The van der Waals surface area contributed by atoms with Crippen molar-refractivity contribution in [2.75, 3.05) is 33.4 Å². The van der Waals surface area contributed by atoms with Gasteiger partial charge in [0.1, 0.15) is 6.04 Å². The molecule has 7 nitrogen and oxygen atoms in total. The third kappa shape index (κ3) is 5.92. The Bertz CT molecular complexity index is 892. The number of nitrogens with one attached hydrogen (secondary N) is 2. The highest BCUT2D eigenvalue weighted by molar-refractivity contribution is 7.12. The lowest BCUT2D eigenvalue weighted by atomic mass is 9.88. The average molecular weight is 444 g/mol. The normalized spacial score (nSPS) is 15.4. The Hall–Kier alpha value is -2.71. The number of aryl methyl sites for hydroxylation is 1. The van der Waals surface area contributed by atoms with E-state index in [-0.39, 0.29) is 23.6 Å². The molecule has 31 heavy (non-hydrogen) atoms. The summed E-state index contributed by atoms with van der Waals surface area (Å²) in [5.41, 5.74) is 1.41. The number of carbonyl (C=O) groups is 3. The van der Waals surface area contributed by atoms with Crippen molar-refractivity contribution in [3.05, 3.63) is 57.8 Å². The number of hydrogen-bond donors (Lipinski definition) is 2. The predicted octanol–water partition coefficient (Wildman–Crippen LogP) is 2.47. The summed E-state index contributed by atoms with van der Waals surface area (Å²) >= 11 is 1.43. The summed E-state index contributed by atoms with van der Waals surface area (Å²) in [6.07, 6.45) is 1.29. The van der Waals surface area contributed by atoms with Gasteiger partial charge in [0.25, 0.3) is 11.8 Å². The summed E-state index contributed by atoms with van der Waals surface area (Å²) in [5, 5.41) is 7.69. The minimum absolute atomic E-state index is 0.0264. The number of thiophene rings is 1. The van der Waals surface area contributed by atoms with Gasteiger partial charge in [-0.2, -0.15) is 0 Å². The van der Waals surface area contributed by atoms with Gasteiger partial charge in [0.2, 0.25) is 5.91 Å².